The van der Waals surface area contributed by atoms with Gasteiger partial charge in [-0.15, -0.1) is 0 Å². The summed E-state index contributed by atoms with van der Waals surface area (Å²) in [6, 6.07) is 5.28. The average Bonchev–Trinajstić information content (AvgIpc) is 2.42. The van der Waals surface area contributed by atoms with Crippen LogP contribution in [-0.2, 0) is 4.79 Å². The zero-order valence-electron chi connectivity index (χ0n) is 10.9. The molecule has 1 saturated heterocycles. The van der Waals surface area contributed by atoms with Crippen LogP contribution < -0.4 is 10.6 Å². The van der Waals surface area contributed by atoms with Gasteiger partial charge in [-0.05, 0) is 44.0 Å². The summed E-state index contributed by atoms with van der Waals surface area (Å²) in [4.78, 5) is 12.1. The Morgan fingerprint density at radius 2 is 2.16 bits per heavy atom. The zero-order valence-corrected chi connectivity index (χ0v) is 12.4. The lowest BCUT2D eigenvalue weighted by molar-refractivity contribution is -0.124. The summed E-state index contributed by atoms with van der Waals surface area (Å²) >= 11 is 11.9. The Labute approximate surface area is 123 Å². The molecule has 5 heteroatoms. The summed E-state index contributed by atoms with van der Waals surface area (Å²) in [6.45, 7) is 2.86. The first-order valence-electron chi connectivity index (χ1n) is 6.56. The van der Waals surface area contributed by atoms with Gasteiger partial charge in [0.05, 0.1) is 22.1 Å². The van der Waals surface area contributed by atoms with E-state index in [1.165, 1.54) is 0 Å². The SMILES string of the molecule is C[C@H](NC(=O)C1CCCCN1)c1ccc(Cl)c(Cl)c1. The van der Waals surface area contributed by atoms with Gasteiger partial charge in [-0.3, -0.25) is 4.79 Å². The molecule has 19 heavy (non-hydrogen) atoms. The molecule has 1 aromatic carbocycles. The number of nitrogens with one attached hydrogen (secondary N) is 2. The van der Waals surface area contributed by atoms with E-state index in [0.29, 0.717) is 10.0 Å². The molecule has 0 spiro atoms. The third kappa shape index (κ3) is 3.85. The lowest BCUT2D eigenvalue weighted by atomic mass is 10.0. The molecular formula is C14H18Cl2N2O. The van der Waals surface area contributed by atoms with Crippen molar-refractivity contribution in [1.29, 1.82) is 0 Å². The van der Waals surface area contributed by atoms with Crippen molar-refractivity contribution in [2.75, 3.05) is 6.54 Å². The Hall–Kier alpha value is -0.770. The molecule has 0 saturated carbocycles. The zero-order chi connectivity index (χ0) is 13.8. The van der Waals surface area contributed by atoms with Gasteiger partial charge in [-0.2, -0.15) is 0 Å². The maximum atomic E-state index is 12.1. The summed E-state index contributed by atoms with van der Waals surface area (Å²) < 4.78 is 0. The Kier molecular flexibility index (Phi) is 5.08. The lowest BCUT2D eigenvalue weighted by Crippen LogP contribution is -2.47. The number of carbonyl (C=O) groups is 1. The van der Waals surface area contributed by atoms with Crippen LogP contribution in [0.4, 0.5) is 0 Å². The second kappa shape index (κ2) is 6.60. The maximum absolute atomic E-state index is 12.1. The van der Waals surface area contributed by atoms with E-state index in [1.54, 1.807) is 12.1 Å². The largest absolute Gasteiger partial charge is 0.348 e. The van der Waals surface area contributed by atoms with Crippen molar-refractivity contribution in [3.63, 3.8) is 0 Å². The van der Waals surface area contributed by atoms with Crippen LogP contribution in [0.1, 0.15) is 37.8 Å². The quantitative estimate of drug-likeness (QED) is 0.899. The van der Waals surface area contributed by atoms with Gasteiger partial charge in [0, 0.05) is 0 Å². The van der Waals surface area contributed by atoms with Crippen LogP contribution in [0.2, 0.25) is 10.0 Å². The molecule has 2 N–H and O–H groups in total. The second-order valence-corrected chi connectivity index (χ2v) is 5.72. The van der Waals surface area contributed by atoms with E-state index in [-0.39, 0.29) is 18.0 Å². The first-order chi connectivity index (χ1) is 9.08. The van der Waals surface area contributed by atoms with Crippen molar-refractivity contribution < 1.29 is 4.79 Å². The van der Waals surface area contributed by atoms with Gasteiger partial charge in [0.2, 0.25) is 5.91 Å². The highest BCUT2D eigenvalue weighted by Crippen LogP contribution is 2.25. The first-order valence-corrected chi connectivity index (χ1v) is 7.32. The minimum absolute atomic E-state index is 0.0540. The van der Waals surface area contributed by atoms with Crippen LogP contribution >= 0.6 is 23.2 Å². The normalized spacial score (nSPS) is 20.9. The molecule has 1 aromatic rings. The number of hydrogen-bond donors (Lipinski definition) is 2. The molecule has 0 bridgehead atoms. The van der Waals surface area contributed by atoms with Gasteiger partial charge in [0.1, 0.15) is 0 Å². The highest BCUT2D eigenvalue weighted by Gasteiger charge is 2.22. The van der Waals surface area contributed by atoms with E-state index in [2.05, 4.69) is 10.6 Å². The summed E-state index contributed by atoms with van der Waals surface area (Å²) in [5.74, 6) is 0.0540. The minimum atomic E-state index is -0.0778. The van der Waals surface area contributed by atoms with Crippen molar-refractivity contribution in [1.82, 2.24) is 10.6 Å². The van der Waals surface area contributed by atoms with E-state index in [0.717, 1.165) is 31.4 Å². The highest BCUT2D eigenvalue weighted by molar-refractivity contribution is 6.42. The number of amides is 1. The molecule has 1 heterocycles. The van der Waals surface area contributed by atoms with E-state index in [4.69, 9.17) is 23.2 Å². The molecule has 1 unspecified atom stereocenters. The summed E-state index contributed by atoms with van der Waals surface area (Å²) in [6.07, 6.45) is 3.15. The monoisotopic (exact) mass is 300 g/mol. The van der Waals surface area contributed by atoms with Crippen molar-refractivity contribution in [2.45, 2.75) is 38.3 Å². The van der Waals surface area contributed by atoms with Crippen molar-refractivity contribution >= 4 is 29.1 Å². The minimum Gasteiger partial charge on any atom is -0.348 e. The predicted molar refractivity (Wildman–Crippen MR) is 78.7 cm³/mol. The fourth-order valence-corrected chi connectivity index (χ4v) is 2.56. The Balaban J connectivity index is 1.97. The lowest BCUT2D eigenvalue weighted by Gasteiger charge is -2.24. The van der Waals surface area contributed by atoms with E-state index in [9.17, 15) is 4.79 Å². The van der Waals surface area contributed by atoms with Crippen LogP contribution in [0.15, 0.2) is 18.2 Å². The molecule has 1 aliphatic rings. The molecule has 1 aliphatic heterocycles. The molecule has 1 amide bonds. The topological polar surface area (TPSA) is 41.1 Å². The fourth-order valence-electron chi connectivity index (χ4n) is 2.25. The van der Waals surface area contributed by atoms with Gasteiger partial charge < -0.3 is 10.6 Å². The van der Waals surface area contributed by atoms with Crippen LogP contribution in [-0.4, -0.2) is 18.5 Å². The molecule has 0 aromatic heterocycles. The van der Waals surface area contributed by atoms with E-state index < -0.39 is 0 Å². The molecule has 0 radical (unpaired) electrons. The van der Waals surface area contributed by atoms with Crippen molar-refractivity contribution in [2.24, 2.45) is 0 Å². The second-order valence-electron chi connectivity index (χ2n) is 4.91. The standard InChI is InChI=1S/C14H18Cl2N2O/c1-9(10-5-6-11(15)12(16)8-10)18-14(19)13-4-2-3-7-17-13/h5-6,8-9,13,17H,2-4,7H2,1H3,(H,18,19)/t9-,13?/m0/s1. The maximum Gasteiger partial charge on any atom is 0.237 e. The fraction of sp³-hybridized carbons (Fsp3) is 0.500. The smallest absolute Gasteiger partial charge is 0.237 e. The van der Waals surface area contributed by atoms with Gasteiger partial charge in [0.25, 0.3) is 0 Å². The number of rotatable bonds is 3. The number of piperidine rings is 1. The average molecular weight is 301 g/mol. The number of benzene rings is 1. The highest BCUT2D eigenvalue weighted by atomic mass is 35.5. The number of carbonyl (C=O) groups excluding carboxylic acids is 1. The van der Waals surface area contributed by atoms with Crippen molar-refractivity contribution in [3.05, 3.63) is 33.8 Å². The summed E-state index contributed by atoms with van der Waals surface area (Å²) in [5.41, 5.74) is 0.957. The van der Waals surface area contributed by atoms with Crippen LogP contribution in [0.3, 0.4) is 0 Å². The molecule has 1 fully saturated rings. The molecular weight excluding hydrogens is 283 g/mol. The molecule has 3 nitrogen and oxygen atoms in total. The summed E-state index contributed by atoms with van der Waals surface area (Å²) in [5, 5.41) is 7.28. The first kappa shape index (κ1) is 14.6. The molecule has 104 valence electrons. The third-order valence-corrected chi connectivity index (χ3v) is 4.17. The Bertz CT molecular complexity index is 459. The van der Waals surface area contributed by atoms with E-state index in [1.807, 2.05) is 13.0 Å². The van der Waals surface area contributed by atoms with Crippen LogP contribution in [0.25, 0.3) is 0 Å². The van der Waals surface area contributed by atoms with Gasteiger partial charge in [0.15, 0.2) is 0 Å². The summed E-state index contributed by atoms with van der Waals surface area (Å²) in [7, 11) is 0. The Morgan fingerprint density at radius 3 is 2.79 bits per heavy atom. The molecule has 2 atom stereocenters. The number of hydrogen-bond acceptors (Lipinski definition) is 2. The van der Waals surface area contributed by atoms with Crippen LogP contribution in [0, 0.1) is 0 Å². The van der Waals surface area contributed by atoms with Gasteiger partial charge in [-0.1, -0.05) is 35.7 Å². The molecule has 0 aliphatic carbocycles. The van der Waals surface area contributed by atoms with Gasteiger partial charge in [-0.25, -0.2) is 0 Å². The van der Waals surface area contributed by atoms with Crippen molar-refractivity contribution in [3.8, 4) is 0 Å². The Morgan fingerprint density at radius 1 is 1.37 bits per heavy atom. The molecule has 2 rings (SSSR count). The number of halogens is 2. The van der Waals surface area contributed by atoms with Crippen LogP contribution in [0.5, 0.6) is 0 Å². The predicted octanol–water partition coefficient (Wildman–Crippen LogP) is 3.31. The van der Waals surface area contributed by atoms with E-state index >= 15 is 0 Å². The van der Waals surface area contributed by atoms with Gasteiger partial charge >= 0.3 is 0 Å². The third-order valence-electron chi connectivity index (χ3n) is 3.43.